The van der Waals surface area contributed by atoms with E-state index in [-0.39, 0.29) is 5.97 Å². The summed E-state index contributed by atoms with van der Waals surface area (Å²) < 4.78 is 5.39. The molecule has 0 saturated heterocycles. The summed E-state index contributed by atoms with van der Waals surface area (Å²) in [5.74, 6) is 1.25. The second-order valence-corrected chi connectivity index (χ2v) is 10.5. The summed E-state index contributed by atoms with van der Waals surface area (Å²) >= 11 is 1.65. The van der Waals surface area contributed by atoms with Crippen LogP contribution in [0.2, 0.25) is 0 Å². The average molecular weight is 463 g/mol. The fourth-order valence-electron chi connectivity index (χ4n) is 4.28. The lowest BCUT2D eigenvalue weighted by Crippen LogP contribution is -2.08. The number of thioether (sulfide) groups is 1. The third-order valence-electron chi connectivity index (χ3n) is 6.03. The van der Waals surface area contributed by atoms with Crippen molar-refractivity contribution in [1.29, 1.82) is 0 Å². The van der Waals surface area contributed by atoms with Crippen LogP contribution >= 0.6 is 11.8 Å². The average Bonchev–Trinajstić information content (AvgIpc) is 2.75. The molecular formula is C29H50O2S. The SMILES string of the molecule is CCCCCCCCCCCCCCCCCCOC(=O)CSCc1cc(C)cc(C)c1. The van der Waals surface area contributed by atoms with Crippen molar-refractivity contribution in [2.45, 2.75) is 129 Å². The molecule has 0 spiro atoms. The van der Waals surface area contributed by atoms with Crippen LogP contribution in [0.3, 0.4) is 0 Å². The summed E-state index contributed by atoms with van der Waals surface area (Å²) in [4.78, 5) is 11.9. The van der Waals surface area contributed by atoms with Gasteiger partial charge in [0.15, 0.2) is 0 Å². The summed E-state index contributed by atoms with van der Waals surface area (Å²) in [6, 6.07) is 6.57. The number of aryl methyl sites for hydroxylation is 2. The van der Waals surface area contributed by atoms with Crippen LogP contribution in [0, 0.1) is 13.8 Å². The van der Waals surface area contributed by atoms with E-state index in [2.05, 4.69) is 39.0 Å². The number of esters is 1. The Morgan fingerprint density at radius 1 is 0.688 bits per heavy atom. The molecule has 0 bridgehead atoms. The molecule has 0 aliphatic rings. The van der Waals surface area contributed by atoms with Crippen molar-refractivity contribution >= 4 is 17.7 Å². The Balaban J connectivity index is 1.80. The van der Waals surface area contributed by atoms with Crippen LogP contribution in [0.5, 0.6) is 0 Å². The number of unbranched alkanes of at least 4 members (excludes halogenated alkanes) is 15. The highest BCUT2D eigenvalue weighted by molar-refractivity contribution is 7.99. The molecule has 1 aromatic rings. The number of hydrogen-bond acceptors (Lipinski definition) is 3. The van der Waals surface area contributed by atoms with Crippen molar-refractivity contribution in [1.82, 2.24) is 0 Å². The van der Waals surface area contributed by atoms with Gasteiger partial charge in [-0.2, -0.15) is 0 Å². The first-order valence-corrected chi connectivity index (χ1v) is 14.6. The highest BCUT2D eigenvalue weighted by atomic mass is 32.2. The van der Waals surface area contributed by atoms with Crippen LogP contribution < -0.4 is 0 Å². The minimum Gasteiger partial charge on any atom is -0.465 e. The maximum absolute atomic E-state index is 11.9. The normalized spacial score (nSPS) is 11.1. The molecule has 1 rings (SSSR count). The zero-order valence-electron chi connectivity index (χ0n) is 21.4. The van der Waals surface area contributed by atoms with E-state index in [9.17, 15) is 4.79 Å². The van der Waals surface area contributed by atoms with Crippen LogP contribution in [0.25, 0.3) is 0 Å². The molecule has 3 heteroatoms. The molecule has 0 aromatic heterocycles. The van der Waals surface area contributed by atoms with Crippen molar-refractivity contribution in [3.8, 4) is 0 Å². The van der Waals surface area contributed by atoms with E-state index in [0.717, 1.165) is 12.2 Å². The topological polar surface area (TPSA) is 26.3 Å². The van der Waals surface area contributed by atoms with E-state index in [4.69, 9.17) is 4.74 Å². The minimum absolute atomic E-state index is 0.0691. The fourth-order valence-corrected chi connectivity index (χ4v) is 5.04. The second-order valence-electron chi connectivity index (χ2n) is 9.51. The second kappa shape index (κ2) is 20.6. The zero-order valence-corrected chi connectivity index (χ0v) is 22.2. The monoisotopic (exact) mass is 462 g/mol. The first-order chi connectivity index (χ1) is 15.6. The molecule has 0 unspecified atom stereocenters. The lowest BCUT2D eigenvalue weighted by molar-refractivity contribution is -0.140. The van der Waals surface area contributed by atoms with Gasteiger partial charge in [0, 0.05) is 5.75 Å². The Hall–Kier alpha value is -0.960. The van der Waals surface area contributed by atoms with Gasteiger partial charge in [0.25, 0.3) is 0 Å². The summed E-state index contributed by atoms with van der Waals surface area (Å²) in [5, 5.41) is 0. The Labute approximate surface area is 203 Å². The van der Waals surface area contributed by atoms with E-state index in [0.29, 0.717) is 12.4 Å². The molecule has 1 aromatic carbocycles. The molecule has 0 fully saturated rings. The minimum atomic E-state index is -0.0691. The summed E-state index contributed by atoms with van der Waals surface area (Å²) in [6.07, 6.45) is 21.8. The van der Waals surface area contributed by atoms with Crippen LogP contribution in [-0.2, 0) is 15.3 Å². The molecule has 0 radical (unpaired) electrons. The van der Waals surface area contributed by atoms with Gasteiger partial charge in [-0.05, 0) is 25.8 Å². The molecule has 0 heterocycles. The number of ether oxygens (including phenoxy) is 1. The largest absolute Gasteiger partial charge is 0.465 e. The molecular weight excluding hydrogens is 412 g/mol. The first-order valence-electron chi connectivity index (χ1n) is 13.4. The van der Waals surface area contributed by atoms with Gasteiger partial charge in [0.1, 0.15) is 0 Å². The molecule has 0 aliphatic carbocycles. The van der Waals surface area contributed by atoms with Crippen LogP contribution in [0.4, 0.5) is 0 Å². The van der Waals surface area contributed by atoms with Gasteiger partial charge < -0.3 is 4.74 Å². The summed E-state index contributed by atoms with van der Waals surface area (Å²) in [7, 11) is 0. The Morgan fingerprint density at radius 3 is 1.59 bits per heavy atom. The number of benzene rings is 1. The van der Waals surface area contributed by atoms with Crippen LogP contribution in [0.1, 0.15) is 126 Å². The van der Waals surface area contributed by atoms with E-state index in [1.807, 2.05) is 0 Å². The van der Waals surface area contributed by atoms with Gasteiger partial charge in [-0.15, -0.1) is 11.8 Å². The van der Waals surface area contributed by atoms with E-state index >= 15 is 0 Å². The van der Waals surface area contributed by atoms with Crippen LogP contribution in [0.15, 0.2) is 18.2 Å². The predicted molar refractivity (Wildman–Crippen MR) is 143 cm³/mol. The van der Waals surface area contributed by atoms with Gasteiger partial charge in [0.05, 0.1) is 12.4 Å². The van der Waals surface area contributed by atoms with Gasteiger partial charge in [-0.25, -0.2) is 0 Å². The molecule has 184 valence electrons. The van der Waals surface area contributed by atoms with Gasteiger partial charge in [0.2, 0.25) is 0 Å². The predicted octanol–water partition coefficient (Wildman–Crippen LogP) is 9.34. The smallest absolute Gasteiger partial charge is 0.315 e. The number of carbonyl (C=O) groups excluding carboxylic acids is 1. The van der Waals surface area contributed by atoms with E-state index < -0.39 is 0 Å². The standard InChI is InChI=1S/C29H50O2S/c1-4-5-6-7-8-9-10-11-12-13-14-15-16-17-18-19-20-31-29(30)25-32-24-28-22-26(2)21-27(3)23-28/h21-23H,4-20,24-25H2,1-3H3. The van der Waals surface area contributed by atoms with Crippen molar-refractivity contribution in [3.63, 3.8) is 0 Å². The first kappa shape index (κ1) is 29.1. The Morgan fingerprint density at radius 2 is 1.12 bits per heavy atom. The summed E-state index contributed by atoms with van der Waals surface area (Å²) in [5.41, 5.74) is 3.86. The van der Waals surface area contributed by atoms with E-state index in [1.165, 1.54) is 113 Å². The molecule has 0 atom stereocenters. The maximum atomic E-state index is 11.9. The van der Waals surface area contributed by atoms with Gasteiger partial charge in [-0.1, -0.05) is 133 Å². The quantitative estimate of drug-likeness (QED) is 0.134. The zero-order chi connectivity index (χ0) is 23.3. The molecule has 0 aliphatic heterocycles. The maximum Gasteiger partial charge on any atom is 0.315 e. The molecule has 0 N–H and O–H groups in total. The highest BCUT2D eigenvalue weighted by Crippen LogP contribution is 2.16. The number of rotatable bonds is 21. The highest BCUT2D eigenvalue weighted by Gasteiger charge is 2.04. The molecule has 0 saturated carbocycles. The Bertz CT molecular complexity index is 564. The van der Waals surface area contributed by atoms with E-state index in [1.54, 1.807) is 11.8 Å². The third-order valence-corrected chi connectivity index (χ3v) is 7.01. The molecule has 0 amide bonds. The number of hydrogen-bond donors (Lipinski definition) is 0. The van der Waals surface area contributed by atoms with Gasteiger partial charge >= 0.3 is 5.97 Å². The molecule has 32 heavy (non-hydrogen) atoms. The van der Waals surface area contributed by atoms with Crippen molar-refractivity contribution < 1.29 is 9.53 Å². The van der Waals surface area contributed by atoms with Crippen LogP contribution in [-0.4, -0.2) is 18.3 Å². The third kappa shape index (κ3) is 17.6. The Kier molecular flexibility index (Phi) is 18.7. The van der Waals surface area contributed by atoms with Crippen molar-refractivity contribution in [2.75, 3.05) is 12.4 Å². The number of carbonyl (C=O) groups is 1. The summed E-state index contributed by atoms with van der Waals surface area (Å²) in [6.45, 7) is 7.11. The lowest BCUT2D eigenvalue weighted by Gasteiger charge is -2.07. The van der Waals surface area contributed by atoms with Gasteiger partial charge in [-0.3, -0.25) is 4.79 Å². The van der Waals surface area contributed by atoms with Crippen molar-refractivity contribution in [2.24, 2.45) is 0 Å². The fraction of sp³-hybridized carbons (Fsp3) is 0.759. The molecule has 2 nitrogen and oxygen atoms in total. The lowest BCUT2D eigenvalue weighted by atomic mass is 10.0. The van der Waals surface area contributed by atoms with Crippen molar-refractivity contribution in [3.05, 3.63) is 34.9 Å².